The number of rotatable bonds is 3. The van der Waals surface area contributed by atoms with Gasteiger partial charge in [-0.1, -0.05) is 32.9 Å². The van der Waals surface area contributed by atoms with E-state index in [2.05, 4.69) is 4.74 Å². The van der Waals surface area contributed by atoms with Crippen molar-refractivity contribution >= 4 is 5.78 Å². The highest BCUT2D eigenvalue weighted by Gasteiger charge is 2.32. The predicted octanol–water partition coefficient (Wildman–Crippen LogP) is 3.14. The highest BCUT2D eigenvalue weighted by Crippen LogP contribution is 2.25. The second-order valence-corrected chi connectivity index (χ2v) is 5.28. The molecule has 1 aromatic rings. The molecule has 0 bridgehead atoms. The fraction of sp³-hybridized carbons (Fsp3) is 0.462. The van der Waals surface area contributed by atoms with E-state index in [9.17, 15) is 18.0 Å². The first-order valence-corrected chi connectivity index (χ1v) is 5.66. The average Bonchev–Trinajstić information content (AvgIpc) is 2.23. The molecule has 2 N–H and O–H groups in total. The Kier molecular flexibility index (Phi) is 4.25. The maximum Gasteiger partial charge on any atom is 0.573 e. The molecule has 0 saturated heterocycles. The zero-order valence-electron chi connectivity index (χ0n) is 10.9. The molecule has 0 aliphatic heterocycles. The summed E-state index contributed by atoms with van der Waals surface area (Å²) in [6, 6.07) is 4.11. The van der Waals surface area contributed by atoms with Gasteiger partial charge >= 0.3 is 6.36 Å². The molecule has 106 valence electrons. The Morgan fingerprint density at radius 3 is 2.32 bits per heavy atom. The number of hydrogen-bond donors (Lipinski definition) is 1. The number of halogens is 3. The summed E-state index contributed by atoms with van der Waals surface area (Å²) in [5, 5.41) is 0. The van der Waals surface area contributed by atoms with Crippen molar-refractivity contribution in [2.45, 2.75) is 33.2 Å². The lowest BCUT2D eigenvalue weighted by atomic mass is 9.83. The molecular weight excluding hydrogens is 259 g/mol. The Bertz CT molecular complexity index is 464. The second-order valence-electron chi connectivity index (χ2n) is 5.28. The number of carbonyl (C=O) groups is 1. The van der Waals surface area contributed by atoms with E-state index in [1.807, 2.05) is 0 Å². The van der Waals surface area contributed by atoms with Crippen LogP contribution in [0.4, 0.5) is 13.2 Å². The number of hydrogen-bond acceptors (Lipinski definition) is 3. The normalized spacial score (nSPS) is 14.1. The first kappa shape index (κ1) is 15.5. The lowest BCUT2D eigenvalue weighted by Crippen LogP contribution is -2.42. The summed E-state index contributed by atoms with van der Waals surface area (Å²) in [7, 11) is 0. The average molecular weight is 275 g/mol. The van der Waals surface area contributed by atoms with E-state index in [1.165, 1.54) is 12.1 Å². The topological polar surface area (TPSA) is 52.3 Å². The molecule has 0 aliphatic carbocycles. The van der Waals surface area contributed by atoms with Gasteiger partial charge in [0.05, 0.1) is 6.04 Å². The Balaban J connectivity index is 2.97. The van der Waals surface area contributed by atoms with Gasteiger partial charge in [0, 0.05) is 5.56 Å². The summed E-state index contributed by atoms with van der Waals surface area (Å²) in [5.74, 6) is -0.848. The molecule has 1 unspecified atom stereocenters. The van der Waals surface area contributed by atoms with Crippen molar-refractivity contribution in [2.75, 3.05) is 0 Å². The highest BCUT2D eigenvalue weighted by atomic mass is 19.4. The van der Waals surface area contributed by atoms with Crippen LogP contribution in [0.3, 0.4) is 0 Å². The summed E-state index contributed by atoms with van der Waals surface area (Å²) in [6.07, 6.45) is -4.78. The van der Waals surface area contributed by atoms with E-state index < -0.39 is 29.4 Å². The molecule has 0 amide bonds. The van der Waals surface area contributed by atoms with Crippen molar-refractivity contribution in [3.8, 4) is 5.75 Å². The molecule has 0 aliphatic rings. The van der Waals surface area contributed by atoms with Gasteiger partial charge in [-0.3, -0.25) is 4.79 Å². The molecule has 1 atom stereocenters. The molecule has 19 heavy (non-hydrogen) atoms. The van der Waals surface area contributed by atoms with Crippen molar-refractivity contribution < 1.29 is 22.7 Å². The quantitative estimate of drug-likeness (QED) is 0.862. The Hall–Kier alpha value is -1.56. The minimum atomic E-state index is -4.78. The number of alkyl halides is 3. The Labute approximate surface area is 109 Å². The molecule has 0 radical (unpaired) electrons. The van der Waals surface area contributed by atoms with Gasteiger partial charge in [0.2, 0.25) is 0 Å². The molecule has 0 saturated carbocycles. The minimum absolute atomic E-state index is 0.101. The molecule has 0 fully saturated rings. The van der Waals surface area contributed by atoms with Crippen molar-refractivity contribution in [2.24, 2.45) is 11.1 Å². The van der Waals surface area contributed by atoms with Crippen LogP contribution in [0.25, 0.3) is 0 Å². The Morgan fingerprint density at radius 1 is 1.26 bits per heavy atom. The van der Waals surface area contributed by atoms with Crippen LogP contribution in [0.2, 0.25) is 0 Å². The SMILES string of the molecule is CC(C)(C)C(N)C(=O)c1cccc(OC(F)(F)F)c1. The van der Waals surface area contributed by atoms with Gasteiger partial charge in [0.25, 0.3) is 0 Å². The first-order valence-electron chi connectivity index (χ1n) is 5.66. The number of Topliss-reactive ketones (excluding diaryl/α,β-unsaturated/α-hetero) is 1. The van der Waals surface area contributed by atoms with E-state index in [4.69, 9.17) is 5.73 Å². The van der Waals surface area contributed by atoms with E-state index in [0.29, 0.717) is 0 Å². The van der Waals surface area contributed by atoms with Crippen LogP contribution in [0.15, 0.2) is 24.3 Å². The zero-order chi connectivity index (χ0) is 14.8. The highest BCUT2D eigenvalue weighted by molar-refractivity contribution is 6.00. The smallest absolute Gasteiger partial charge is 0.406 e. The van der Waals surface area contributed by atoms with Gasteiger partial charge < -0.3 is 10.5 Å². The molecule has 1 aromatic carbocycles. The second kappa shape index (κ2) is 5.21. The van der Waals surface area contributed by atoms with Crippen LogP contribution < -0.4 is 10.5 Å². The van der Waals surface area contributed by atoms with Gasteiger partial charge in [0.1, 0.15) is 5.75 Å². The lowest BCUT2D eigenvalue weighted by Gasteiger charge is -2.25. The van der Waals surface area contributed by atoms with Crippen molar-refractivity contribution in [3.05, 3.63) is 29.8 Å². The summed E-state index contributed by atoms with van der Waals surface area (Å²) in [6.45, 7) is 5.35. The molecule has 0 spiro atoms. The van der Waals surface area contributed by atoms with Crippen molar-refractivity contribution in [1.82, 2.24) is 0 Å². The zero-order valence-corrected chi connectivity index (χ0v) is 10.9. The third-order valence-electron chi connectivity index (χ3n) is 2.57. The molecule has 0 heterocycles. The third-order valence-corrected chi connectivity index (χ3v) is 2.57. The van der Waals surface area contributed by atoms with Gasteiger partial charge in [-0.25, -0.2) is 0 Å². The molecule has 0 aromatic heterocycles. The standard InChI is InChI=1S/C13H16F3NO2/c1-12(2,3)11(17)10(18)8-5-4-6-9(7-8)19-13(14,15)16/h4-7,11H,17H2,1-3H3. The van der Waals surface area contributed by atoms with E-state index in [0.717, 1.165) is 12.1 Å². The number of benzene rings is 1. The largest absolute Gasteiger partial charge is 0.573 e. The maximum absolute atomic E-state index is 12.1. The summed E-state index contributed by atoms with van der Waals surface area (Å²) >= 11 is 0. The van der Waals surface area contributed by atoms with Crippen molar-refractivity contribution in [3.63, 3.8) is 0 Å². The molecule has 6 heteroatoms. The van der Waals surface area contributed by atoms with E-state index >= 15 is 0 Å². The lowest BCUT2D eigenvalue weighted by molar-refractivity contribution is -0.274. The maximum atomic E-state index is 12.1. The fourth-order valence-electron chi connectivity index (χ4n) is 1.42. The number of ketones is 1. The van der Waals surface area contributed by atoms with Gasteiger partial charge in [-0.2, -0.15) is 0 Å². The molecular formula is C13H16F3NO2. The summed E-state index contributed by atoms with van der Waals surface area (Å²) in [4.78, 5) is 12.0. The van der Waals surface area contributed by atoms with Crippen LogP contribution >= 0.6 is 0 Å². The minimum Gasteiger partial charge on any atom is -0.406 e. The molecule has 3 nitrogen and oxygen atoms in total. The summed E-state index contributed by atoms with van der Waals surface area (Å²) < 4.78 is 40.0. The van der Waals surface area contributed by atoms with E-state index in [1.54, 1.807) is 20.8 Å². The van der Waals surface area contributed by atoms with Crippen LogP contribution in [0, 0.1) is 5.41 Å². The van der Waals surface area contributed by atoms with Crippen molar-refractivity contribution in [1.29, 1.82) is 0 Å². The summed E-state index contributed by atoms with van der Waals surface area (Å²) in [5.41, 5.74) is 5.42. The first-order chi connectivity index (χ1) is 8.50. The number of ether oxygens (including phenoxy) is 1. The third kappa shape index (κ3) is 4.55. The van der Waals surface area contributed by atoms with E-state index in [-0.39, 0.29) is 5.56 Å². The Morgan fingerprint density at radius 2 is 1.84 bits per heavy atom. The fourth-order valence-corrected chi connectivity index (χ4v) is 1.42. The van der Waals surface area contributed by atoms with Gasteiger partial charge in [0.15, 0.2) is 5.78 Å². The van der Waals surface area contributed by atoms with Crippen LogP contribution in [-0.2, 0) is 0 Å². The van der Waals surface area contributed by atoms with Gasteiger partial charge in [-0.15, -0.1) is 13.2 Å². The molecule has 1 rings (SSSR count). The monoisotopic (exact) mass is 275 g/mol. The number of nitrogens with two attached hydrogens (primary N) is 1. The predicted molar refractivity (Wildman–Crippen MR) is 64.9 cm³/mol. The van der Waals surface area contributed by atoms with Gasteiger partial charge in [-0.05, 0) is 17.5 Å². The number of carbonyl (C=O) groups excluding carboxylic acids is 1. The van der Waals surface area contributed by atoms with Crippen LogP contribution in [0.5, 0.6) is 5.75 Å². The van der Waals surface area contributed by atoms with Crippen LogP contribution in [-0.4, -0.2) is 18.2 Å². The van der Waals surface area contributed by atoms with Crippen LogP contribution in [0.1, 0.15) is 31.1 Å².